The first-order valence-electron chi connectivity index (χ1n) is 14.5. The number of para-hydroxylation sites is 1. The summed E-state index contributed by atoms with van der Waals surface area (Å²) in [5.74, 6) is -0.598. The van der Waals surface area contributed by atoms with E-state index in [9.17, 15) is 26.7 Å². The van der Waals surface area contributed by atoms with Crippen LogP contribution >= 0.6 is 11.8 Å². The van der Waals surface area contributed by atoms with Gasteiger partial charge in [-0.15, -0.1) is 11.8 Å². The zero-order valence-electron chi connectivity index (χ0n) is 25.5. The molecule has 1 atom stereocenters. The molecular formula is C32H40N2O7S3. The Morgan fingerprint density at radius 1 is 1.07 bits per heavy atom. The van der Waals surface area contributed by atoms with Crippen LogP contribution < -0.4 is 9.64 Å². The monoisotopic (exact) mass is 660 g/mol. The maximum atomic E-state index is 15.0. The number of sulfone groups is 1. The standard InChI is InChI=1S/C32H40N2O7S3/c1-5-7-17-32(6-2)23-33(26-11-9-8-10-12-26)28-19-29(43(4,37)38)25(21-42-22-31(35)36)18-30(28)44(39,40)34(32)20-24-13-15-27(41-3)16-14-24/h8-16,18-19H,5-7,17,20-23H2,1-4H3,(H,35,36). The molecule has 0 amide bonds. The van der Waals surface area contributed by atoms with Gasteiger partial charge in [0.15, 0.2) is 9.84 Å². The van der Waals surface area contributed by atoms with Gasteiger partial charge in [0.05, 0.1) is 29.0 Å². The van der Waals surface area contributed by atoms with Crippen molar-refractivity contribution in [3.8, 4) is 5.75 Å². The lowest BCUT2D eigenvalue weighted by Crippen LogP contribution is -2.54. The smallest absolute Gasteiger partial charge is 0.313 e. The predicted molar refractivity (Wildman–Crippen MR) is 175 cm³/mol. The van der Waals surface area contributed by atoms with Crippen LogP contribution in [0, 0.1) is 0 Å². The Balaban J connectivity index is 2.03. The SMILES string of the molecule is CCCCC1(CC)CN(c2ccccc2)c2cc(S(C)(=O)=O)c(CSCC(=O)O)cc2S(=O)(=O)N1Cc1ccc(OC)cc1. The van der Waals surface area contributed by atoms with Gasteiger partial charge in [-0.1, -0.05) is 57.0 Å². The number of rotatable bonds is 13. The highest BCUT2D eigenvalue weighted by molar-refractivity contribution is 7.99. The molecule has 0 spiro atoms. The molecule has 1 heterocycles. The molecule has 0 radical (unpaired) electrons. The minimum atomic E-state index is -4.21. The molecule has 1 unspecified atom stereocenters. The third-order valence-electron chi connectivity index (χ3n) is 8.07. The Labute approximate surface area is 265 Å². The second kappa shape index (κ2) is 13.9. The van der Waals surface area contributed by atoms with E-state index in [2.05, 4.69) is 6.92 Å². The number of benzene rings is 3. The van der Waals surface area contributed by atoms with Crippen LogP contribution in [-0.2, 0) is 37.0 Å². The van der Waals surface area contributed by atoms with E-state index in [1.807, 2.05) is 54.3 Å². The maximum absolute atomic E-state index is 15.0. The van der Waals surface area contributed by atoms with Crippen LogP contribution in [-0.4, -0.2) is 63.4 Å². The zero-order valence-corrected chi connectivity index (χ0v) is 28.0. The molecule has 3 aromatic carbocycles. The van der Waals surface area contributed by atoms with E-state index >= 15 is 0 Å². The summed E-state index contributed by atoms with van der Waals surface area (Å²) in [6.07, 6.45) is 3.89. The third kappa shape index (κ3) is 7.25. The first-order chi connectivity index (χ1) is 20.9. The quantitative estimate of drug-likeness (QED) is 0.232. The fraction of sp³-hybridized carbons (Fsp3) is 0.406. The molecular weight excluding hydrogens is 621 g/mol. The lowest BCUT2D eigenvalue weighted by Gasteiger charge is -2.43. The minimum Gasteiger partial charge on any atom is -0.497 e. The Kier molecular flexibility index (Phi) is 10.7. The molecule has 0 saturated carbocycles. The summed E-state index contributed by atoms with van der Waals surface area (Å²) in [5.41, 5.74) is 1.26. The number of unbranched alkanes of at least 4 members (excludes halogenated alkanes) is 1. The first kappa shape index (κ1) is 33.8. The highest BCUT2D eigenvalue weighted by Crippen LogP contribution is 2.46. The van der Waals surface area contributed by atoms with Gasteiger partial charge in [-0.3, -0.25) is 4.79 Å². The van der Waals surface area contributed by atoms with Crippen molar-refractivity contribution in [1.29, 1.82) is 0 Å². The van der Waals surface area contributed by atoms with Crippen LogP contribution in [0.3, 0.4) is 0 Å². The van der Waals surface area contributed by atoms with E-state index in [-0.39, 0.29) is 39.1 Å². The summed E-state index contributed by atoms with van der Waals surface area (Å²) >= 11 is 1.02. The Morgan fingerprint density at radius 3 is 2.32 bits per heavy atom. The van der Waals surface area contributed by atoms with Crippen molar-refractivity contribution < 1.29 is 31.5 Å². The van der Waals surface area contributed by atoms with Crippen LogP contribution in [0.5, 0.6) is 5.75 Å². The molecule has 0 saturated heterocycles. The average molecular weight is 661 g/mol. The fourth-order valence-electron chi connectivity index (χ4n) is 5.71. The summed E-state index contributed by atoms with van der Waals surface area (Å²) in [4.78, 5) is 13.2. The number of thioether (sulfide) groups is 1. The van der Waals surface area contributed by atoms with Crippen LogP contribution in [0.25, 0.3) is 0 Å². The molecule has 0 aliphatic carbocycles. The highest BCUT2D eigenvalue weighted by Gasteiger charge is 2.48. The number of aliphatic carboxylic acids is 1. The predicted octanol–water partition coefficient (Wildman–Crippen LogP) is 6.10. The highest BCUT2D eigenvalue weighted by atomic mass is 32.2. The van der Waals surface area contributed by atoms with Crippen LogP contribution in [0.1, 0.15) is 50.7 Å². The summed E-state index contributed by atoms with van der Waals surface area (Å²) in [5, 5.41) is 9.20. The van der Waals surface area contributed by atoms with E-state index in [1.165, 1.54) is 12.1 Å². The zero-order chi connectivity index (χ0) is 32.1. The molecule has 1 aliphatic heterocycles. The van der Waals surface area contributed by atoms with Crippen molar-refractivity contribution in [2.24, 2.45) is 0 Å². The number of ether oxygens (including phenoxy) is 1. The van der Waals surface area contributed by atoms with Crippen molar-refractivity contribution in [3.05, 3.63) is 77.9 Å². The van der Waals surface area contributed by atoms with Crippen LogP contribution in [0.2, 0.25) is 0 Å². The summed E-state index contributed by atoms with van der Waals surface area (Å²) in [6, 6.07) is 19.6. The van der Waals surface area contributed by atoms with Gasteiger partial charge in [-0.2, -0.15) is 4.31 Å². The summed E-state index contributed by atoms with van der Waals surface area (Å²) in [7, 11) is -6.43. The lowest BCUT2D eigenvalue weighted by molar-refractivity contribution is -0.133. The lowest BCUT2D eigenvalue weighted by atomic mass is 9.88. The third-order valence-corrected chi connectivity index (χ3v) is 12.2. The molecule has 0 bridgehead atoms. The molecule has 3 aromatic rings. The molecule has 1 aliphatic rings. The van der Waals surface area contributed by atoms with Crippen molar-refractivity contribution in [2.45, 2.75) is 67.2 Å². The topological polar surface area (TPSA) is 121 Å². The van der Waals surface area contributed by atoms with Crippen molar-refractivity contribution >= 4 is 49.0 Å². The molecule has 0 aromatic heterocycles. The number of carboxylic acids is 1. The number of anilines is 2. The molecule has 1 N–H and O–H groups in total. The van der Waals surface area contributed by atoms with E-state index in [0.717, 1.165) is 42.1 Å². The van der Waals surface area contributed by atoms with Gasteiger partial charge in [0.2, 0.25) is 10.0 Å². The molecule has 4 rings (SSSR count). The molecule has 12 heteroatoms. The largest absolute Gasteiger partial charge is 0.497 e. The molecule has 9 nitrogen and oxygen atoms in total. The number of carbonyl (C=O) groups is 1. The van der Waals surface area contributed by atoms with Crippen molar-refractivity contribution in [2.75, 3.05) is 30.6 Å². The van der Waals surface area contributed by atoms with Crippen LogP contribution in [0.15, 0.2) is 76.5 Å². The van der Waals surface area contributed by atoms with Gasteiger partial charge >= 0.3 is 5.97 Å². The fourth-order valence-corrected chi connectivity index (χ4v) is 9.54. The van der Waals surface area contributed by atoms with Gasteiger partial charge in [0.1, 0.15) is 10.6 Å². The number of hydrogen-bond acceptors (Lipinski definition) is 8. The minimum absolute atomic E-state index is 0.0000122. The van der Waals surface area contributed by atoms with Crippen molar-refractivity contribution in [3.63, 3.8) is 0 Å². The molecule has 238 valence electrons. The average Bonchev–Trinajstić information content (AvgIpc) is 3.07. The number of nitrogens with zero attached hydrogens (tertiary/aromatic N) is 2. The van der Waals surface area contributed by atoms with Gasteiger partial charge in [-0.25, -0.2) is 16.8 Å². The number of hydrogen-bond donors (Lipinski definition) is 1. The maximum Gasteiger partial charge on any atom is 0.313 e. The normalized spacial score (nSPS) is 18.4. The number of sulfonamides is 1. The number of carboxylic acid groups (broad SMARTS) is 1. The number of methoxy groups -OCH3 is 1. The second-order valence-electron chi connectivity index (χ2n) is 11.0. The van der Waals surface area contributed by atoms with Crippen LogP contribution in [0.4, 0.5) is 11.4 Å². The van der Waals surface area contributed by atoms with E-state index in [4.69, 9.17) is 4.74 Å². The van der Waals surface area contributed by atoms with E-state index in [0.29, 0.717) is 25.1 Å². The van der Waals surface area contributed by atoms with Gasteiger partial charge in [0.25, 0.3) is 0 Å². The van der Waals surface area contributed by atoms with Gasteiger partial charge in [0, 0.05) is 30.8 Å². The Bertz CT molecular complexity index is 1680. The van der Waals surface area contributed by atoms with Crippen molar-refractivity contribution in [1.82, 2.24) is 4.31 Å². The van der Waals surface area contributed by atoms with Gasteiger partial charge in [-0.05, 0) is 60.4 Å². The first-order valence-corrected chi connectivity index (χ1v) is 19.0. The number of fused-ring (bicyclic) bond motifs is 1. The van der Waals surface area contributed by atoms with E-state index in [1.54, 1.807) is 23.5 Å². The van der Waals surface area contributed by atoms with Gasteiger partial charge < -0.3 is 14.7 Å². The summed E-state index contributed by atoms with van der Waals surface area (Å²) < 4.78 is 63.1. The molecule has 0 fully saturated rings. The van der Waals surface area contributed by atoms with E-state index < -0.39 is 31.4 Å². The second-order valence-corrected chi connectivity index (χ2v) is 15.8. The Morgan fingerprint density at radius 2 is 1.75 bits per heavy atom. The molecule has 44 heavy (non-hydrogen) atoms. The Hall–Kier alpha value is -3.06. The summed E-state index contributed by atoms with van der Waals surface area (Å²) in [6.45, 7) is 4.50.